The standard InChI is InChI=1S/C16H27N3O3/c1-4-17-16(18-9-6-10-22-5-2)19-12-13-11-14(21-3)7-8-15(13)20/h7-8,11,20H,4-6,9-10,12H2,1-3H3,(H2,17,18,19). The van der Waals surface area contributed by atoms with Gasteiger partial charge in [0, 0.05) is 31.9 Å². The number of hydrogen-bond acceptors (Lipinski definition) is 4. The molecule has 0 aliphatic carbocycles. The lowest BCUT2D eigenvalue weighted by Gasteiger charge is -2.12. The summed E-state index contributed by atoms with van der Waals surface area (Å²) in [6.45, 7) is 7.42. The SMILES string of the molecule is CCNC(=NCc1cc(OC)ccc1O)NCCCOCC. The van der Waals surface area contributed by atoms with Gasteiger partial charge in [-0.1, -0.05) is 0 Å². The van der Waals surface area contributed by atoms with Gasteiger partial charge in [0.25, 0.3) is 0 Å². The fourth-order valence-corrected chi connectivity index (χ4v) is 1.85. The van der Waals surface area contributed by atoms with Crippen molar-refractivity contribution in [3.8, 4) is 11.5 Å². The summed E-state index contributed by atoms with van der Waals surface area (Å²) in [4.78, 5) is 4.48. The molecule has 0 radical (unpaired) electrons. The Labute approximate surface area is 132 Å². The van der Waals surface area contributed by atoms with E-state index in [2.05, 4.69) is 15.6 Å². The Hall–Kier alpha value is -1.95. The van der Waals surface area contributed by atoms with E-state index in [1.165, 1.54) is 0 Å². The maximum Gasteiger partial charge on any atom is 0.191 e. The zero-order valence-electron chi connectivity index (χ0n) is 13.7. The number of rotatable bonds is 9. The molecule has 0 fully saturated rings. The number of phenolic OH excluding ortho intramolecular Hbond substituents is 1. The van der Waals surface area contributed by atoms with Gasteiger partial charge in [0.05, 0.1) is 13.7 Å². The molecule has 0 amide bonds. The van der Waals surface area contributed by atoms with E-state index in [9.17, 15) is 5.11 Å². The molecule has 1 aromatic rings. The Morgan fingerprint density at radius 1 is 1.27 bits per heavy atom. The van der Waals surface area contributed by atoms with E-state index >= 15 is 0 Å². The van der Waals surface area contributed by atoms with Crippen LogP contribution < -0.4 is 15.4 Å². The second kappa shape index (κ2) is 10.7. The average molecular weight is 309 g/mol. The first-order valence-corrected chi connectivity index (χ1v) is 7.67. The highest BCUT2D eigenvalue weighted by Crippen LogP contribution is 2.23. The van der Waals surface area contributed by atoms with Gasteiger partial charge in [0.15, 0.2) is 5.96 Å². The molecule has 6 nitrogen and oxygen atoms in total. The molecule has 1 aromatic carbocycles. The molecule has 0 heterocycles. The van der Waals surface area contributed by atoms with Crippen molar-refractivity contribution in [3.05, 3.63) is 23.8 Å². The molecule has 0 aliphatic heterocycles. The van der Waals surface area contributed by atoms with Crippen molar-refractivity contribution < 1.29 is 14.6 Å². The normalized spacial score (nSPS) is 11.3. The van der Waals surface area contributed by atoms with Crippen LogP contribution in [0, 0.1) is 0 Å². The summed E-state index contributed by atoms with van der Waals surface area (Å²) in [5.41, 5.74) is 0.728. The van der Waals surface area contributed by atoms with Gasteiger partial charge < -0.3 is 25.2 Å². The molecular weight excluding hydrogens is 282 g/mol. The Balaban J connectivity index is 2.57. The Morgan fingerprint density at radius 3 is 2.77 bits per heavy atom. The van der Waals surface area contributed by atoms with Gasteiger partial charge in [-0.2, -0.15) is 0 Å². The van der Waals surface area contributed by atoms with Crippen LogP contribution in [-0.2, 0) is 11.3 Å². The van der Waals surface area contributed by atoms with E-state index in [-0.39, 0.29) is 5.75 Å². The van der Waals surface area contributed by atoms with Gasteiger partial charge in [0.2, 0.25) is 0 Å². The van der Waals surface area contributed by atoms with E-state index in [0.29, 0.717) is 12.3 Å². The first-order chi connectivity index (χ1) is 10.7. The van der Waals surface area contributed by atoms with Crippen molar-refractivity contribution in [3.63, 3.8) is 0 Å². The first-order valence-electron chi connectivity index (χ1n) is 7.67. The van der Waals surface area contributed by atoms with Crippen molar-refractivity contribution >= 4 is 5.96 Å². The number of guanidine groups is 1. The number of ether oxygens (including phenoxy) is 2. The van der Waals surface area contributed by atoms with Crippen LogP contribution in [-0.4, -0.2) is 44.5 Å². The van der Waals surface area contributed by atoms with Gasteiger partial charge in [0.1, 0.15) is 11.5 Å². The predicted octanol–water partition coefficient (Wildman–Crippen LogP) is 1.88. The molecule has 6 heteroatoms. The second-order valence-corrected chi connectivity index (χ2v) is 4.67. The fraction of sp³-hybridized carbons (Fsp3) is 0.562. The fourth-order valence-electron chi connectivity index (χ4n) is 1.85. The van der Waals surface area contributed by atoms with Gasteiger partial charge >= 0.3 is 0 Å². The summed E-state index contributed by atoms with van der Waals surface area (Å²) < 4.78 is 10.5. The molecule has 0 aliphatic rings. The Morgan fingerprint density at radius 2 is 2.09 bits per heavy atom. The largest absolute Gasteiger partial charge is 0.508 e. The molecule has 22 heavy (non-hydrogen) atoms. The molecule has 0 bridgehead atoms. The quantitative estimate of drug-likeness (QED) is 0.369. The predicted molar refractivity (Wildman–Crippen MR) is 88.6 cm³/mol. The maximum absolute atomic E-state index is 9.86. The van der Waals surface area contributed by atoms with Gasteiger partial charge in [-0.25, -0.2) is 4.99 Å². The number of aromatic hydroxyl groups is 1. The highest BCUT2D eigenvalue weighted by atomic mass is 16.5. The van der Waals surface area contributed by atoms with Crippen LogP contribution in [0.15, 0.2) is 23.2 Å². The van der Waals surface area contributed by atoms with Crippen LogP contribution in [0.2, 0.25) is 0 Å². The lowest BCUT2D eigenvalue weighted by Crippen LogP contribution is -2.38. The topological polar surface area (TPSA) is 75.1 Å². The summed E-state index contributed by atoms with van der Waals surface area (Å²) in [5.74, 6) is 1.65. The first kappa shape index (κ1) is 18.1. The summed E-state index contributed by atoms with van der Waals surface area (Å²) in [5, 5.41) is 16.3. The third-order valence-electron chi connectivity index (χ3n) is 3.00. The summed E-state index contributed by atoms with van der Waals surface area (Å²) in [6.07, 6.45) is 0.919. The maximum atomic E-state index is 9.86. The second-order valence-electron chi connectivity index (χ2n) is 4.67. The van der Waals surface area contributed by atoms with Gasteiger partial charge in [-0.15, -0.1) is 0 Å². The zero-order valence-corrected chi connectivity index (χ0v) is 13.7. The minimum absolute atomic E-state index is 0.219. The van der Waals surface area contributed by atoms with Crippen LogP contribution in [0.3, 0.4) is 0 Å². The van der Waals surface area contributed by atoms with Crippen molar-refractivity contribution in [1.29, 1.82) is 0 Å². The molecule has 3 N–H and O–H groups in total. The number of phenols is 1. The third kappa shape index (κ3) is 6.67. The van der Waals surface area contributed by atoms with Crippen molar-refractivity contribution in [2.75, 3.05) is 33.4 Å². The molecular formula is C16H27N3O3. The van der Waals surface area contributed by atoms with Crippen LogP contribution >= 0.6 is 0 Å². The van der Waals surface area contributed by atoms with E-state index in [4.69, 9.17) is 9.47 Å². The van der Waals surface area contributed by atoms with Crippen LogP contribution in [0.5, 0.6) is 11.5 Å². The third-order valence-corrected chi connectivity index (χ3v) is 3.00. The molecule has 0 saturated carbocycles. The van der Waals surface area contributed by atoms with Crippen molar-refractivity contribution in [1.82, 2.24) is 10.6 Å². The zero-order chi connectivity index (χ0) is 16.2. The van der Waals surface area contributed by atoms with E-state index in [1.807, 2.05) is 13.8 Å². The van der Waals surface area contributed by atoms with Crippen LogP contribution in [0.25, 0.3) is 0 Å². The monoisotopic (exact) mass is 309 g/mol. The molecule has 124 valence electrons. The van der Waals surface area contributed by atoms with E-state index in [0.717, 1.165) is 44.2 Å². The van der Waals surface area contributed by atoms with Crippen molar-refractivity contribution in [2.45, 2.75) is 26.8 Å². The minimum Gasteiger partial charge on any atom is -0.508 e. The Bertz CT molecular complexity index is 464. The summed E-state index contributed by atoms with van der Waals surface area (Å²) in [6, 6.07) is 5.13. The lowest BCUT2D eigenvalue weighted by molar-refractivity contribution is 0.145. The smallest absolute Gasteiger partial charge is 0.191 e. The minimum atomic E-state index is 0.219. The molecule has 0 unspecified atom stereocenters. The molecule has 0 atom stereocenters. The number of benzene rings is 1. The number of nitrogens with zero attached hydrogens (tertiary/aromatic N) is 1. The van der Waals surface area contributed by atoms with Crippen LogP contribution in [0.1, 0.15) is 25.8 Å². The Kier molecular flexibility index (Phi) is 8.83. The molecule has 0 spiro atoms. The van der Waals surface area contributed by atoms with Crippen molar-refractivity contribution in [2.24, 2.45) is 4.99 Å². The highest BCUT2D eigenvalue weighted by Gasteiger charge is 2.04. The number of hydrogen-bond donors (Lipinski definition) is 3. The molecule has 0 saturated heterocycles. The number of nitrogens with one attached hydrogen (secondary N) is 2. The number of methoxy groups -OCH3 is 1. The number of aliphatic imine (C=N–C) groups is 1. The van der Waals surface area contributed by atoms with Gasteiger partial charge in [-0.3, -0.25) is 0 Å². The van der Waals surface area contributed by atoms with E-state index < -0.39 is 0 Å². The molecule has 0 aromatic heterocycles. The lowest BCUT2D eigenvalue weighted by atomic mass is 10.2. The van der Waals surface area contributed by atoms with E-state index in [1.54, 1.807) is 25.3 Å². The van der Waals surface area contributed by atoms with Crippen LogP contribution in [0.4, 0.5) is 0 Å². The highest BCUT2D eigenvalue weighted by molar-refractivity contribution is 5.79. The summed E-state index contributed by atoms with van der Waals surface area (Å²) >= 11 is 0. The molecule has 1 rings (SSSR count). The van der Waals surface area contributed by atoms with Gasteiger partial charge in [-0.05, 0) is 38.5 Å². The summed E-state index contributed by atoms with van der Waals surface area (Å²) in [7, 11) is 1.60. The average Bonchev–Trinajstić information content (AvgIpc) is 2.53.